The van der Waals surface area contributed by atoms with Gasteiger partial charge in [0.15, 0.2) is 0 Å². The lowest BCUT2D eigenvalue weighted by atomic mass is 10.3. The van der Waals surface area contributed by atoms with Gasteiger partial charge in [-0.25, -0.2) is 4.79 Å². The number of carbonyl (C=O) groups is 1. The van der Waals surface area contributed by atoms with E-state index >= 15 is 0 Å². The monoisotopic (exact) mass is 356 g/mol. The van der Waals surface area contributed by atoms with Crippen molar-refractivity contribution in [1.82, 2.24) is 9.36 Å². The van der Waals surface area contributed by atoms with Gasteiger partial charge in [0, 0.05) is 24.3 Å². The minimum atomic E-state index is -0.610. The van der Waals surface area contributed by atoms with Gasteiger partial charge in [-0.15, -0.1) is 0 Å². The number of ether oxygens (including phenoxy) is 2. The molecule has 7 nitrogen and oxygen atoms in total. The summed E-state index contributed by atoms with van der Waals surface area (Å²) in [6.45, 7) is 0. The molecule has 0 spiro atoms. The molecule has 2 aromatic carbocycles. The van der Waals surface area contributed by atoms with Gasteiger partial charge in [-0.1, -0.05) is 18.2 Å². The summed E-state index contributed by atoms with van der Waals surface area (Å²) in [5.74, 6) is 1.71. The molecular weight excluding hydrogens is 340 g/mol. The van der Waals surface area contributed by atoms with Crippen LogP contribution in [0.15, 0.2) is 54.6 Å². The van der Waals surface area contributed by atoms with Gasteiger partial charge in [0.25, 0.3) is 0 Å². The molecule has 0 aliphatic rings. The third-order valence-electron chi connectivity index (χ3n) is 3.34. The number of benzene rings is 2. The van der Waals surface area contributed by atoms with Gasteiger partial charge in [0.1, 0.15) is 11.5 Å². The fraction of sp³-hybridized carbons (Fsp3) is 0.118. The van der Waals surface area contributed by atoms with Gasteiger partial charge in [0.05, 0.1) is 7.11 Å². The van der Waals surface area contributed by atoms with Crippen LogP contribution in [-0.2, 0) is 0 Å². The highest BCUT2D eigenvalue weighted by Gasteiger charge is 2.13. The van der Waals surface area contributed by atoms with Crippen LogP contribution in [-0.4, -0.2) is 29.6 Å². The predicted molar refractivity (Wildman–Crippen MR) is 97.1 cm³/mol. The first kappa shape index (κ1) is 16.7. The molecular formula is C17H16N4O3S. The molecule has 1 N–H and O–H groups in total. The molecule has 0 bridgehead atoms. The first-order chi connectivity index (χ1) is 12.2. The minimum absolute atomic E-state index is 0.358. The molecule has 1 heterocycles. The first-order valence-corrected chi connectivity index (χ1v) is 8.18. The van der Waals surface area contributed by atoms with Crippen LogP contribution in [0, 0.1) is 0 Å². The Kier molecular flexibility index (Phi) is 5.10. The zero-order chi connectivity index (χ0) is 17.6. The van der Waals surface area contributed by atoms with Crippen LogP contribution in [0.25, 0.3) is 0 Å². The average molecular weight is 356 g/mol. The van der Waals surface area contributed by atoms with E-state index in [0.717, 1.165) is 23.0 Å². The molecule has 8 heteroatoms. The molecule has 128 valence electrons. The average Bonchev–Trinajstić information content (AvgIpc) is 3.10. The maximum absolute atomic E-state index is 11.9. The number of rotatable bonds is 5. The topological polar surface area (TPSA) is 76.6 Å². The van der Waals surface area contributed by atoms with Crippen molar-refractivity contribution in [3.05, 3.63) is 54.6 Å². The van der Waals surface area contributed by atoms with E-state index in [1.807, 2.05) is 42.3 Å². The van der Waals surface area contributed by atoms with Crippen LogP contribution in [0.5, 0.6) is 11.5 Å². The zero-order valence-corrected chi connectivity index (χ0v) is 14.5. The Balaban J connectivity index is 1.64. The Labute approximate surface area is 149 Å². The fourth-order valence-electron chi connectivity index (χ4n) is 2.03. The highest BCUT2D eigenvalue weighted by Crippen LogP contribution is 2.26. The van der Waals surface area contributed by atoms with E-state index in [1.54, 1.807) is 31.4 Å². The highest BCUT2D eigenvalue weighted by atomic mass is 32.1. The fourth-order valence-corrected chi connectivity index (χ4v) is 2.62. The van der Waals surface area contributed by atoms with Gasteiger partial charge in [-0.3, -0.25) is 5.32 Å². The van der Waals surface area contributed by atoms with Crippen molar-refractivity contribution in [2.24, 2.45) is 0 Å². The van der Waals surface area contributed by atoms with E-state index in [0.29, 0.717) is 16.8 Å². The second-order valence-corrected chi connectivity index (χ2v) is 5.74. The summed E-state index contributed by atoms with van der Waals surface area (Å²) in [4.78, 5) is 18.0. The summed E-state index contributed by atoms with van der Waals surface area (Å²) in [6, 6.07) is 16.3. The van der Waals surface area contributed by atoms with Crippen molar-refractivity contribution >= 4 is 34.4 Å². The van der Waals surface area contributed by atoms with E-state index in [2.05, 4.69) is 14.7 Å². The van der Waals surface area contributed by atoms with Gasteiger partial charge >= 0.3 is 6.09 Å². The second-order valence-electron chi connectivity index (χ2n) is 4.98. The number of methoxy groups -OCH3 is 1. The highest BCUT2D eigenvalue weighted by molar-refractivity contribution is 7.10. The number of aromatic nitrogens is 2. The maximum atomic E-state index is 11.9. The number of hydrogen-bond acceptors (Lipinski definition) is 7. The summed E-state index contributed by atoms with van der Waals surface area (Å²) in [7, 11) is 3.46. The number of nitrogens with one attached hydrogen (secondary N) is 1. The summed E-state index contributed by atoms with van der Waals surface area (Å²) in [6.07, 6.45) is -0.610. The van der Waals surface area contributed by atoms with Crippen molar-refractivity contribution in [2.45, 2.75) is 0 Å². The Bertz CT molecular complexity index is 837. The van der Waals surface area contributed by atoms with Crippen LogP contribution in [0.1, 0.15) is 0 Å². The molecule has 0 fully saturated rings. The Morgan fingerprint density at radius 1 is 1.08 bits per heavy atom. The molecule has 0 radical (unpaired) electrons. The lowest BCUT2D eigenvalue weighted by Crippen LogP contribution is -2.17. The Morgan fingerprint density at radius 2 is 1.80 bits per heavy atom. The lowest BCUT2D eigenvalue weighted by Gasteiger charge is -2.15. The van der Waals surface area contributed by atoms with E-state index in [-0.39, 0.29) is 0 Å². The number of amides is 1. The number of hydrogen-bond donors (Lipinski definition) is 1. The van der Waals surface area contributed by atoms with Crippen LogP contribution < -0.4 is 19.7 Å². The predicted octanol–water partition coefficient (Wildman–Crippen LogP) is 3.93. The van der Waals surface area contributed by atoms with Gasteiger partial charge < -0.3 is 14.4 Å². The van der Waals surface area contributed by atoms with E-state index in [4.69, 9.17) is 9.47 Å². The standard InChI is InChI=1S/C17H16N4O3S/c1-21(12-8-10-13(23-2)11-9-12)15-18-16(25-20-15)19-17(22)24-14-6-4-3-5-7-14/h3-11H,1-2H3,(H,18,19,20,22). The Hall–Kier alpha value is -3.13. The molecule has 1 amide bonds. The van der Waals surface area contributed by atoms with E-state index < -0.39 is 6.09 Å². The first-order valence-electron chi connectivity index (χ1n) is 7.41. The number of carbonyl (C=O) groups excluding carboxylic acids is 1. The number of nitrogens with zero attached hydrogens (tertiary/aromatic N) is 3. The van der Waals surface area contributed by atoms with Gasteiger partial charge in [0.2, 0.25) is 11.1 Å². The normalized spacial score (nSPS) is 10.2. The van der Waals surface area contributed by atoms with Gasteiger partial charge in [-0.2, -0.15) is 9.36 Å². The molecule has 1 aromatic heterocycles. The number of anilines is 3. The van der Waals surface area contributed by atoms with Crippen LogP contribution in [0.4, 0.5) is 21.6 Å². The molecule has 0 saturated carbocycles. The summed E-state index contributed by atoms with van der Waals surface area (Å²) >= 11 is 1.08. The van der Waals surface area contributed by atoms with Crippen molar-refractivity contribution in [3.8, 4) is 11.5 Å². The van der Waals surface area contributed by atoms with Crippen LogP contribution >= 0.6 is 11.5 Å². The molecule has 0 unspecified atom stereocenters. The molecule has 0 aliphatic heterocycles. The van der Waals surface area contributed by atoms with E-state index in [9.17, 15) is 4.79 Å². The molecule has 0 aliphatic carbocycles. The molecule has 0 atom stereocenters. The summed E-state index contributed by atoms with van der Waals surface area (Å²) in [5.41, 5.74) is 0.900. The SMILES string of the molecule is COc1ccc(N(C)c2nsc(NC(=O)Oc3ccccc3)n2)cc1. The van der Waals surface area contributed by atoms with Crippen molar-refractivity contribution in [3.63, 3.8) is 0 Å². The van der Waals surface area contributed by atoms with Crippen LogP contribution in [0.2, 0.25) is 0 Å². The molecule has 3 rings (SSSR count). The van der Waals surface area contributed by atoms with Gasteiger partial charge in [-0.05, 0) is 36.4 Å². The third kappa shape index (κ3) is 4.24. The largest absolute Gasteiger partial charge is 0.497 e. The molecule has 3 aromatic rings. The lowest BCUT2D eigenvalue weighted by molar-refractivity contribution is 0.215. The second kappa shape index (κ2) is 7.63. The minimum Gasteiger partial charge on any atom is -0.497 e. The van der Waals surface area contributed by atoms with Crippen molar-refractivity contribution in [2.75, 3.05) is 24.4 Å². The van der Waals surface area contributed by atoms with Crippen molar-refractivity contribution < 1.29 is 14.3 Å². The molecule has 25 heavy (non-hydrogen) atoms. The van der Waals surface area contributed by atoms with E-state index in [1.165, 1.54) is 0 Å². The smallest absolute Gasteiger partial charge is 0.418 e. The third-order valence-corrected chi connectivity index (χ3v) is 3.96. The van der Waals surface area contributed by atoms with Crippen molar-refractivity contribution in [1.29, 1.82) is 0 Å². The zero-order valence-electron chi connectivity index (χ0n) is 13.7. The van der Waals surface area contributed by atoms with Crippen LogP contribution in [0.3, 0.4) is 0 Å². The molecule has 0 saturated heterocycles. The summed E-state index contributed by atoms with van der Waals surface area (Å²) < 4.78 is 14.6. The number of para-hydroxylation sites is 1. The quantitative estimate of drug-likeness (QED) is 0.746. The maximum Gasteiger partial charge on any atom is 0.418 e. The Morgan fingerprint density at radius 3 is 2.48 bits per heavy atom. The summed E-state index contributed by atoms with van der Waals surface area (Å²) in [5, 5.41) is 2.93.